The van der Waals surface area contributed by atoms with E-state index in [9.17, 15) is 14.9 Å². The zero-order valence-corrected chi connectivity index (χ0v) is 12.2. The van der Waals surface area contributed by atoms with E-state index in [0.29, 0.717) is 11.4 Å². The highest BCUT2D eigenvalue weighted by Crippen LogP contribution is 2.27. The van der Waals surface area contributed by atoms with Crippen LogP contribution in [0.2, 0.25) is 0 Å². The van der Waals surface area contributed by atoms with Crippen LogP contribution in [0.4, 0.5) is 5.69 Å². The number of nitro groups is 1. The lowest BCUT2D eigenvalue weighted by atomic mass is 10.3. The molecule has 6 nitrogen and oxygen atoms in total. The molecule has 110 valence electrons. The Morgan fingerprint density at radius 3 is 2.90 bits per heavy atom. The van der Waals surface area contributed by atoms with Gasteiger partial charge in [-0.3, -0.25) is 14.9 Å². The van der Waals surface area contributed by atoms with E-state index in [2.05, 4.69) is 5.32 Å². The third-order valence-electron chi connectivity index (χ3n) is 2.67. The predicted octanol–water partition coefficient (Wildman–Crippen LogP) is 2.99. The summed E-state index contributed by atoms with van der Waals surface area (Å²) in [6.07, 6.45) is 0. The van der Waals surface area contributed by atoms with E-state index in [1.165, 1.54) is 17.4 Å². The first-order valence-electron chi connectivity index (χ1n) is 6.33. The molecule has 2 rings (SSSR count). The minimum Gasteiger partial charge on any atom is -0.482 e. The van der Waals surface area contributed by atoms with Gasteiger partial charge in [0.25, 0.3) is 5.91 Å². The highest BCUT2D eigenvalue weighted by Gasteiger charge is 2.14. The van der Waals surface area contributed by atoms with Crippen LogP contribution in [0.1, 0.15) is 22.2 Å². The molecule has 1 N–H and O–H groups in total. The van der Waals surface area contributed by atoms with Crippen molar-refractivity contribution in [3.8, 4) is 5.75 Å². The molecule has 21 heavy (non-hydrogen) atoms. The van der Waals surface area contributed by atoms with E-state index >= 15 is 0 Å². The quantitative estimate of drug-likeness (QED) is 0.657. The van der Waals surface area contributed by atoms with Gasteiger partial charge in [-0.25, -0.2) is 0 Å². The molecule has 0 atom stereocenters. The van der Waals surface area contributed by atoms with E-state index in [1.54, 1.807) is 29.6 Å². The first-order valence-corrected chi connectivity index (χ1v) is 7.21. The summed E-state index contributed by atoms with van der Waals surface area (Å²) >= 11 is 1.32. The average molecular weight is 306 g/mol. The Morgan fingerprint density at radius 1 is 1.43 bits per heavy atom. The molecule has 0 unspecified atom stereocenters. The lowest BCUT2D eigenvalue weighted by Gasteiger charge is -2.04. The Balaban J connectivity index is 2.04. The number of para-hydroxylation sites is 2. The van der Waals surface area contributed by atoms with Crippen LogP contribution in [0.3, 0.4) is 0 Å². The van der Waals surface area contributed by atoms with Gasteiger partial charge in [0, 0.05) is 18.2 Å². The lowest BCUT2D eigenvalue weighted by molar-refractivity contribution is -0.385. The number of benzene rings is 1. The summed E-state index contributed by atoms with van der Waals surface area (Å²) in [6.45, 7) is 2.60. The lowest BCUT2D eigenvalue weighted by Crippen LogP contribution is -2.21. The number of carbonyl (C=O) groups is 1. The molecule has 1 aromatic carbocycles. The maximum Gasteiger partial charge on any atom is 0.310 e. The topological polar surface area (TPSA) is 81.5 Å². The Kier molecular flexibility index (Phi) is 4.89. The summed E-state index contributed by atoms with van der Waals surface area (Å²) in [5, 5.41) is 15.4. The zero-order chi connectivity index (χ0) is 15.2. The first-order chi connectivity index (χ1) is 10.1. The van der Waals surface area contributed by atoms with Crippen molar-refractivity contribution in [1.82, 2.24) is 5.32 Å². The monoisotopic (exact) mass is 306 g/mol. The van der Waals surface area contributed by atoms with Gasteiger partial charge < -0.3 is 10.1 Å². The van der Waals surface area contributed by atoms with Gasteiger partial charge >= 0.3 is 5.69 Å². The number of carbonyl (C=O) groups excluding carboxylic acids is 1. The maximum atomic E-state index is 11.6. The van der Waals surface area contributed by atoms with E-state index in [0.717, 1.165) is 5.56 Å². The molecule has 0 saturated heterocycles. The average Bonchev–Trinajstić information content (AvgIpc) is 2.94. The van der Waals surface area contributed by atoms with Gasteiger partial charge in [-0.15, -0.1) is 11.3 Å². The third kappa shape index (κ3) is 3.79. The molecule has 0 fully saturated rings. The third-order valence-corrected chi connectivity index (χ3v) is 3.65. The minimum absolute atomic E-state index is 0.0725. The molecule has 2 aromatic rings. The number of rotatable bonds is 6. The SMILES string of the molecule is CCNC(=O)c1cc(COc2ccccc2[N+](=O)[O-])cs1. The molecule has 0 bridgehead atoms. The van der Waals surface area contributed by atoms with Crippen molar-refractivity contribution in [1.29, 1.82) is 0 Å². The van der Waals surface area contributed by atoms with Crippen molar-refractivity contribution >= 4 is 22.9 Å². The molecular formula is C14H14N2O4S. The van der Waals surface area contributed by atoms with Gasteiger partial charge in [-0.2, -0.15) is 0 Å². The van der Waals surface area contributed by atoms with E-state index in [4.69, 9.17) is 4.74 Å². The fourth-order valence-corrected chi connectivity index (χ4v) is 2.52. The highest BCUT2D eigenvalue weighted by molar-refractivity contribution is 7.12. The van der Waals surface area contributed by atoms with Gasteiger partial charge in [-0.1, -0.05) is 12.1 Å². The smallest absolute Gasteiger partial charge is 0.310 e. The second-order valence-electron chi connectivity index (χ2n) is 4.19. The largest absolute Gasteiger partial charge is 0.482 e. The summed E-state index contributed by atoms with van der Waals surface area (Å²) < 4.78 is 5.47. The molecule has 0 aliphatic carbocycles. The summed E-state index contributed by atoms with van der Waals surface area (Å²) in [4.78, 5) is 22.6. The van der Waals surface area contributed by atoms with Crippen LogP contribution < -0.4 is 10.1 Å². The molecule has 1 heterocycles. The van der Waals surface area contributed by atoms with E-state index in [1.807, 2.05) is 6.92 Å². The van der Waals surface area contributed by atoms with E-state index in [-0.39, 0.29) is 24.0 Å². The molecule has 0 spiro atoms. The molecular weight excluding hydrogens is 292 g/mol. The number of thiophene rings is 1. The Labute approximate surface area is 125 Å². The summed E-state index contributed by atoms with van der Waals surface area (Å²) in [7, 11) is 0. The van der Waals surface area contributed by atoms with Gasteiger partial charge in [-0.05, 0) is 24.4 Å². The van der Waals surface area contributed by atoms with Crippen LogP contribution in [-0.4, -0.2) is 17.4 Å². The summed E-state index contributed by atoms with van der Waals surface area (Å²) in [5.41, 5.74) is 0.732. The van der Waals surface area contributed by atoms with Gasteiger partial charge in [0.05, 0.1) is 9.80 Å². The van der Waals surface area contributed by atoms with Crippen molar-refractivity contribution in [3.05, 3.63) is 56.3 Å². The number of ether oxygens (including phenoxy) is 1. The minimum atomic E-state index is -0.483. The molecule has 1 amide bonds. The molecule has 0 aliphatic heterocycles. The highest BCUT2D eigenvalue weighted by atomic mass is 32.1. The standard InChI is InChI=1S/C14H14N2O4S/c1-2-15-14(17)13-7-10(9-21-13)8-20-12-6-4-3-5-11(12)16(18)19/h3-7,9H,2,8H2,1H3,(H,15,17). The maximum absolute atomic E-state index is 11.6. The van der Waals surface area contributed by atoms with Crippen LogP contribution in [0.15, 0.2) is 35.7 Å². The van der Waals surface area contributed by atoms with Crippen LogP contribution in [0.5, 0.6) is 5.75 Å². The number of amides is 1. The van der Waals surface area contributed by atoms with Gasteiger partial charge in [0.2, 0.25) is 0 Å². The van der Waals surface area contributed by atoms with Crippen molar-refractivity contribution in [2.75, 3.05) is 6.54 Å². The predicted molar refractivity (Wildman–Crippen MR) is 79.8 cm³/mol. The number of nitrogens with one attached hydrogen (secondary N) is 1. The normalized spacial score (nSPS) is 10.1. The second kappa shape index (κ2) is 6.85. The number of hydrogen-bond acceptors (Lipinski definition) is 5. The van der Waals surface area contributed by atoms with Crippen LogP contribution in [0.25, 0.3) is 0 Å². The second-order valence-corrected chi connectivity index (χ2v) is 5.10. The summed E-state index contributed by atoms with van der Waals surface area (Å²) in [6, 6.07) is 7.93. The number of hydrogen-bond donors (Lipinski definition) is 1. The van der Waals surface area contributed by atoms with Crippen LogP contribution >= 0.6 is 11.3 Å². The van der Waals surface area contributed by atoms with Crippen LogP contribution in [0, 0.1) is 10.1 Å². The van der Waals surface area contributed by atoms with Gasteiger partial charge in [0.1, 0.15) is 6.61 Å². The first kappa shape index (κ1) is 15.0. The molecule has 0 saturated carbocycles. The Bertz CT molecular complexity index is 654. The van der Waals surface area contributed by atoms with Crippen molar-refractivity contribution in [2.24, 2.45) is 0 Å². The van der Waals surface area contributed by atoms with Crippen LogP contribution in [-0.2, 0) is 6.61 Å². The van der Waals surface area contributed by atoms with E-state index < -0.39 is 4.92 Å². The number of nitro benzene ring substituents is 1. The number of nitrogens with zero attached hydrogens (tertiary/aromatic N) is 1. The summed E-state index contributed by atoms with van der Waals surface area (Å²) in [5.74, 6) is 0.0905. The zero-order valence-electron chi connectivity index (χ0n) is 11.4. The Hall–Kier alpha value is -2.41. The fourth-order valence-electron chi connectivity index (χ4n) is 1.71. The molecule has 0 radical (unpaired) electrons. The van der Waals surface area contributed by atoms with Crippen molar-refractivity contribution in [2.45, 2.75) is 13.5 Å². The van der Waals surface area contributed by atoms with Crippen molar-refractivity contribution in [3.63, 3.8) is 0 Å². The molecule has 7 heteroatoms. The fraction of sp³-hybridized carbons (Fsp3) is 0.214. The molecule has 1 aromatic heterocycles. The van der Waals surface area contributed by atoms with Crippen molar-refractivity contribution < 1.29 is 14.5 Å². The van der Waals surface area contributed by atoms with Gasteiger partial charge in [0.15, 0.2) is 5.75 Å². The molecule has 0 aliphatic rings. The Morgan fingerprint density at radius 2 is 2.19 bits per heavy atom.